The van der Waals surface area contributed by atoms with Gasteiger partial charge in [0.25, 0.3) is 0 Å². The highest BCUT2D eigenvalue weighted by molar-refractivity contribution is 4.83. The van der Waals surface area contributed by atoms with Crippen molar-refractivity contribution in [2.45, 2.75) is 37.8 Å². The van der Waals surface area contributed by atoms with Crippen LogP contribution in [-0.4, -0.2) is 68.3 Å². The minimum atomic E-state index is 0.395. The van der Waals surface area contributed by atoms with Crippen molar-refractivity contribution in [3.05, 3.63) is 0 Å². The summed E-state index contributed by atoms with van der Waals surface area (Å²) >= 11 is 0. The second-order valence-corrected chi connectivity index (χ2v) is 5.48. The zero-order valence-corrected chi connectivity index (χ0v) is 11.1. The van der Waals surface area contributed by atoms with E-state index in [-0.39, 0.29) is 0 Å². The van der Waals surface area contributed by atoms with Gasteiger partial charge in [0.1, 0.15) is 0 Å². The summed E-state index contributed by atoms with van der Waals surface area (Å²) in [4.78, 5) is 4.98. The molecule has 1 saturated heterocycles. The third-order valence-corrected chi connectivity index (χ3v) is 4.02. The maximum atomic E-state index is 5.86. The second-order valence-electron chi connectivity index (χ2n) is 5.48. The fourth-order valence-electron chi connectivity index (χ4n) is 2.71. The van der Waals surface area contributed by atoms with Gasteiger partial charge in [-0.1, -0.05) is 6.42 Å². The Kier molecular flexibility index (Phi) is 5.22. The summed E-state index contributed by atoms with van der Waals surface area (Å²) in [7, 11) is 2.18. The number of nitrogens with zero attached hydrogens (tertiary/aromatic N) is 2. The SMILES string of the molecule is CN1CCOC(CN(CCCN)C2CCC2)C1. The number of morpholine rings is 1. The third kappa shape index (κ3) is 3.91. The molecule has 1 atom stereocenters. The molecular weight excluding hydrogens is 214 g/mol. The van der Waals surface area contributed by atoms with Gasteiger partial charge >= 0.3 is 0 Å². The van der Waals surface area contributed by atoms with Gasteiger partial charge in [0, 0.05) is 25.7 Å². The first-order chi connectivity index (χ1) is 8.29. The maximum absolute atomic E-state index is 5.86. The number of nitrogens with two attached hydrogens (primary N) is 1. The van der Waals surface area contributed by atoms with Crippen LogP contribution >= 0.6 is 0 Å². The smallest absolute Gasteiger partial charge is 0.0829 e. The molecule has 0 aromatic rings. The van der Waals surface area contributed by atoms with Crippen LogP contribution in [0.1, 0.15) is 25.7 Å². The zero-order chi connectivity index (χ0) is 12.1. The van der Waals surface area contributed by atoms with Crippen LogP contribution in [0.3, 0.4) is 0 Å². The molecule has 0 radical (unpaired) electrons. The van der Waals surface area contributed by atoms with E-state index in [0.29, 0.717) is 6.10 Å². The van der Waals surface area contributed by atoms with Crippen LogP contribution in [0.5, 0.6) is 0 Å². The van der Waals surface area contributed by atoms with E-state index in [1.807, 2.05) is 0 Å². The number of likely N-dealkylation sites (N-methyl/N-ethyl adjacent to an activating group) is 1. The lowest BCUT2D eigenvalue weighted by Gasteiger charge is -2.41. The summed E-state index contributed by atoms with van der Waals surface area (Å²) in [6.07, 6.45) is 5.64. The van der Waals surface area contributed by atoms with E-state index in [2.05, 4.69) is 16.8 Å². The van der Waals surface area contributed by atoms with E-state index in [0.717, 1.165) is 51.8 Å². The summed E-state index contributed by atoms with van der Waals surface area (Å²) in [6, 6.07) is 0.803. The summed E-state index contributed by atoms with van der Waals surface area (Å²) in [5.74, 6) is 0. The molecule has 2 rings (SSSR count). The molecule has 2 fully saturated rings. The van der Waals surface area contributed by atoms with E-state index >= 15 is 0 Å². The molecule has 1 unspecified atom stereocenters. The Morgan fingerprint density at radius 1 is 1.41 bits per heavy atom. The Bertz CT molecular complexity index is 221. The Labute approximate surface area is 105 Å². The standard InChI is InChI=1S/C13H27N3O/c1-15-8-9-17-13(10-15)11-16(7-3-6-14)12-4-2-5-12/h12-13H,2-11,14H2,1H3. The highest BCUT2D eigenvalue weighted by Crippen LogP contribution is 2.25. The fraction of sp³-hybridized carbons (Fsp3) is 1.00. The zero-order valence-electron chi connectivity index (χ0n) is 11.1. The summed E-state index contributed by atoms with van der Waals surface area (Å²) < 4.78 is 5.86. The lowest BCUT2D eigenvalue weighted by Crippen LogP contribution is -2.50. The summed E-state index contributed by atoms with van der Waals surface area (Å²) in [6.45, 7) is 6.07. The lowest BCUT2D eigenvalue weighted by atomic mass is 9.91. The van der Waals surface area contributed by atoms with Gasteiger partial charge in [-0.05, 0) is 39.4 Å². The van der Waals surface area contributed by atoms with Gasteiger partial charge in [0.2, 0.25) is 0 Å². The normalized spacial score (nSPS) is 27.4. The van der Waals surface area contributed by atoms with Crippen molar-refractivity contribution in [2.24, 2.45) is 5.73 Å². The van der Waals surface area contributed by atoms with Crippen molar-refractivity contribution in [1.82, 2.24) is 9.80 Å². The third-order valence-electron chi connectivity index (χ3n) is 4.02. The Morgan fingerprint density at radius 2 is 2.24 bits per heavy atom. The number of hydrogen-bond acceptors (Lipinski definition) is 4. The minimum absolute atomic E-state index is 0.395. The van der Waals surface area contributed by atoms with Crippen molar-refractivity contribution < 1.29 is 4.74 Å². The van der Waals surface area contributed by atoms with E-state index < -0.39 is 0 Å². The first kappa shape index (κ1) is 13.3. The highest BCUT2D eigenvalue weighted by atomic mass is 16.5. The first-order valence-electron chi connectivity index (χ1n) is 7.04. The van der Waals surface area contributed by atoms with Gasteiger partial charge < -0.3 is 15.4 Å². The van der Waals surface area contributed by atoms with Gasteiger partial charge in [0.05, 0.1) is 12.7 Å². The van der Waals surface area contributed by atoms with E-state index in [9.17, 15) is 0 Å². The van der Waals surface area contributed by atoms with Crippen molar-refractivity contribution in [3.63, 3.8) is 0 Å². The van der Waals surface area contributed by atoms with Crippen molar-refractivity contribution in [3.8, 4) is 0 Å². The first-order valence-corrected chi connectivity index (χ1v) is 7.04. The van der Waals surface area contributed by atoms with Crippen LogP contribution in [0.25, 0.3) is 0 Å². The molecule has 100 valence electrons. The molecular formula is C13H27N3O. The predicted octanol–water partition coefficient (Wildman–Crippen LogP) is 0.520. The largest absolute Gasteiger partial charge is 0.374 e. The number of ether oxygens (including phenoxy) is 1. The van der Waals surface area contributed by atoms with Crippen LogP contribution in [0.15, 0.2) is 0 Å². The quantitative estimate of drug-likeness (QED) is 0.736. The molecule has 0 bridgehead atoms. The molecule has 2 N–H and O–H groups in total. The van der Waals surface area contributed by atoms with Crippen molar-refractivity contribution in [2.75, 3.05) is 46.4 Å². The molecule has 4 nitrogen and oxygen atoms in total. The molecule has 2 aliphatic rings. The Balaban J connectivity index is 1.78. The Hall–Kier alpha value is -0.160. The molecule has 1 aliphatic heterocycles. The topological polar surface area (TPSA) is 41.7 Å². The van der Waals surface area contributed by atoms with Crippen LogP contribution < -0.4 is 5.73 Å². The van der Waals surface area contributed by atoms with Gasteiger partial charge in [-0.3, -0.25) is 4.90 Å². The van der Waals surface area contributed by atoms with Crippen molar-refractivity contribution >= 4 is 0 Å². The van der Waals surface area contributed by atoms with Gasteiger partial charge in [0.15, 0.2) is 0 Å². The average molecular weight is 241 g/mol. The van der Waals surface area contributed by atoms with Crippen LogP contribution in [0.2, 0.25) is 0 Å². The molecule has 1 saturated carbocycles. The average Bonchev–Trinajstić information content (AvgIpc) is 2.23. The van der Waals surface area contributed by atoms with E-state index in [1.54, 1.807) is 0 Å². The molecule has 1 heterocycles. The molecule has 0 aromatic carbocycles. The fourth-order valence-corrected chi connectivity index (χ4v) is 2.71. The molecule has 0 amide bonds. The van der Waals surface area contributed by atoms with Gasteiger partial charge in [-0.15, -0.1) is 0 Å². The maximum Gasteiger partial charge on any atom is 0.0829 e. The van der Waals surface area contributed by atoms with Crippen LogP contribution in [0, 0.1) is 0 Å². The molecule has 17 heavy (non-hydrogen) atoms. The van der Waals surface area contributed by atoms with Crippen LogP contribution in [0.4, 0.5) is 0 Å². The highest BCUT2D eigenvalue weighted by Gasteiger charge is 2.28. The summed E-state index contributed by atoms with van der Waals surface area (Å²) in [5.41, 5.74) is 5.63. The van der Waals surface area contributed by atoms with Gasteiger partial charge in [-0.2, -0.15) is 0 Å². The monoisotopic (exact) mass is 241 g/mol. The Morgan fingerprint density at radius 3 is 2.82 bits per heavy atom. The second kappa shape index (κ2) is 6.69. The van der Waals surface area contributed by atoms with Crippen LogP contribution in [-0.2, 0) is 4.74 Å². The van der Waals surface area contributed by atoms with E-state index in [1.165, 1.54) is 19.3 Å². The molecule has 0 aromatic heterocycles. The minimum Gasteiger partial charge on any atom is -0.374 e. The predicted molar refractivity (Wildman–Crippen MR) is 70.1 cm³/mol. The van der Waals surface area contributed by atoms with E-state index in [4.69, 9.17) is 10.5 Å². The van der Waals surface area contributed by atoms with Gasteiger partial charge in [-0.25, -0.2) is 0 Å². The molecule has 1 aliphatic carbocycles. The number of hydrogen-bond donors (Lipinski definition) is 1. The summed E-state index contributed by atoms with van der Waals surface area (Å²) in [5, 5.41) is 0. The number of rotatable bonds is 6. The molecule has 4 heteroatoms. The lowest BCUT2D eigenvalue weighted by molar-refractivity contribution is -0.0469. The van der Waals surface area contributed by atoms with Crippen molar-refractivity contribution in [1.29, 1.82) is 0 Å². The molecule has 0 spiro atoms.